The molecule has 66 valence electrons. The molecule has 5 nitrogen and oxygen atoms in total. The Kier molecular flexibility index (Phi) is 2.05. The van der Waals surface area contributed by atoms with E-state index in [0.717, 1.165) is 18.8 Å². The first-order chi connectivity index (χ1) is 5.90. The summed E-state index contributed by atoms with van der Waals surface area (Å²) in [6, 6.07) is 0.463. The highest BCUT2D eigenvalue weighted by molar-refractivity contribution is 4.95. The first kappa shape index (κ1) is 7.70. The summed E-state index contributed by atoms with van der Waals surface area (Å²) >= 11 is 0. The van der Waals surface area contributed by atoms with Crippen LogP contribution in [-0.2, 0) is 6.42 Å². The number of aliphatic hydroxyl groups excluding tert-OH is 1. The van der Waals surface area contributed by atoms with Crippen LogP contribution in [0.1, 0.15) is 11.7 Å². The van der Waals surface area contributed by atoms with E-state index < -0.39 is 0 Å². The van der Waals surface area contributed by atoms with Gasteiger partial charge in [0.15, 0.2) is 0 Å². The van der Waals surface area contributed by atoms with Gasteiger partial charge in [-0.15, -0.1) is 5.10 Å². The first-order valence-corrected chi connectivity index (χ1v) is 4.12. The summed E-state index contributed by atoms with van der Waals surface area (Å²) in [5.74, 6) is 0. The van der Waals surface area contributed by atoms with Crippen LogP contribution in [0.15, 0.2) is 6.20 Å². The summed E-state index contributed by atoms with van der Waals surface area (Å²) in [7, 11) is 0. The van der Waals surface area contributed by atoms with Crippen LogP contribution in [-0.4, -0.2) is 39.8 Å². The summed E-state index contributed by atoms with van der Waals surface area (Å²) in [5.41, 5.74) is 0.865. The van der Waals surface area contributed by atoms with Crippen molar-refractivity contribution in [3.05, 3.63) is 11.9 Å². The quantitative estimate of drug-likeness (QED) is 0.605. The molecule has 1 aliphatic rings. The maximum atomic E-state index is 8.65. The summed E-state index contributed by atoms with van der Waals surface area (Å²) in [6.45, 7) is 2.09. The Morgan fingerprint density at radius 2 is 2.50 bits per heavy atom. The predicted octanol–water partition coefficient (Wildman–Crippen LogP) is -1.04. The van der Waals surface area contributed by atoms with Crippen molar-refractivity contribution in [2.24, 2.45) is 0 Å². The van der Waals surface area contributed by atoms with Crippen molar-refractivity contribution in [2.75, 3.05) is 19.7 Å². The van der Waals surface area contributed by atoms with Crippen molar-refractivity contribution >= 4 is 0 Å². The summed E-state index contributed by atoms with van der Waals surface area (Å²) in [5, 5.41) is 19.7. The maximum absolute atomic E-state index is 8.65. The molecule has 0 atom stereocenters. The van der Waals surface area contributed by atoms with Crippen LogP contribution in [0.25, 0.3) is 0 Å². The second-order valence-electron chi connectivity index (χ2n) is 2.98. The van der Waals surface area contributed by atoms with Gasteiger partial charge in [-0.05, 0) is 0 Å². The lowest BCUT2D eigenvalue weighted by molar-refractivity contribution is 0.298. The third-order valence-corrected chi connectivity index (χ3v) is 2.06. The third kappa shape index (κ3) is 1.33. The fourth-order valence-corrected chi connectivity index (χ4v) is 1.18. The monoisotopic (exact) mass is 168 g/mol. The summed E-state index contributed by atoms with van der Waals surface area (Å²) in [4.78, 5) is 0. The summed E-state index contributed by atoms with van der Waals surface area (Å²) in [6.07, 6.45) is 2.50. The van der Waals surface area contributed by atoms with Crippen molar-refractivity contribution in [1.82, 2.24) is 20.3 Å². The average molecular weight is 168 g/mol. The zero-order chi connectivity index (χ0) is 8.39. The van der Waals surface area contributed by atoms with Gasteiger partial charge in [0.25, 0.3) is 0 Å². The van der Waals surface area contributed by atoms with Crippen LogP contribution >= 0.6 is 0 Å². The molecule has 1 aromatic heterocycles. The topological polar surface area (TPSA) is 63.0 Å². The molecular formula is C7H12N4O. The van der Waals surface area contributed by atoms with Gasteiger partial charge in [0.2, 0.25) is 0 Å². The second-order valence-corrected chi connectivity index (χ2v) is 2.98. The van der Waals surface area contributed by atoms with Gasteiger partial charge >= 0.3 is 0 Å². The Labute approximate surface area is 70.4 Å². The fourth-order valence-electron chi connectivity index (χ4n) is 1.18. The highest BCUT2D eigenvalue weighted by atomic mass is 16.3. The minimum atomic E-state index is 0.140. The molecule has 12 heavy (non-hydrogen) atoms. The molecular weight excluding hydrogens is 156 g/mol. The molecule has 1 saturated heterocycles. The molecule has 0 saturated carbocycles. The van der Waals surface area contributed by atoms with Crippen LogP contribution < -0.4 is 5.32 Å². The molecule has 0 radical (unpaired) electrons. The van der Waals surface area contributed by atoms with E-state index in [1.165, 1.54) is 0 Å². The number of nitrogens with zero attached hydrogens (tertiary/aromatic N) is 3. The lowest BCUT2D eigenvalue weighted by Crippen LogP contribution is -2.43. The van der Waals surface area contributed by atoms with Crippen LogP contribution in [0, 0.1) is 0 Å². The van der Waals surface area contributed by atoms with Gasteiger partial charge in [0.05, 0.1) is 11.7 Å². The van der Waals surface area contributed by atoms with E-state index in [1.54, 1.807) is 0 Å². The molecule has 0 aliphatic carbocycles. The van der Waals surface area contributed by atoms with E-state index in [0.29, 0.717) is 12.5 Å². The molecule has 2 heterocycles. The Hall–Kier alpha value is -0.940. The fraction of sp³-hybridized carbons (Fsp3) is 0.714. The van der Waals surface area contributed by atoms with Crippen molar-refractivity contribution in [3.63, 3.8) is 0 Å². The van der Waals surface area contributed by atoms with E-state index in [9.17, 15) is 0 Å². The molecule has 5 heteroatoms. The molecule has 1 aromatic rings. The van der Waals surface area contributed by atoms with Gasteiger partial charge in [-0.1, -0.05) is 5.21 Å². The Morgan fingerprint density at radius 1 is 1.67 bits per heavy atom. The molecule has 0 aromatic carbocycles. The van der Waals surface area contributed by atoms with E-state index in [4.69, 9.17) is 5.11 Å². The molecule has 0 spiro atoms. The number of aromatic nitrogens is 3. The van der Waals surface area contributed by atoms with Gasteiger partial charge in [-0.2, -0.15) is 0 Å². The van der Waals surface area contributed by atoms with Gasteiger partial charge in [0, 0.05) is 32.3 Å². The van der Waals surface area contributed by atoms with E-state index >= 15 is 0 Å². The minimum Gasteiger partial charge on any atom is -0.396 e. The van der Waals surface area contributed by atoms with Crippen molar-refractivity contribution in [3.8, 4) is 0 Å². The molecule has 0 unspecified atom stereocenters. The number of hydrogen-bond donors (Lipinski definition) is 2. The third-order valence-electron chi connectivity index (χ3n) is 2.06. The van der Waals surface area contributed by atoms with Crippen molar-refractivity contribution < 1.29 is 5.11 Å². The zero-order valence-corrected chi connectivity index (χ0v) is 6.77. The SMILES string of the molecule is OCCc1cn(C2CNC2)nn1. The van der Waals surface area contributed by atoms with E-state index in [2.05, 4.69) is 15.6 Å². The molecule has 2 rings (SSSR count). The van der Waals surface area contributed by atoms with Gasteiger partial charge in [-0.3, -0.25) is 0 Å². The number of hydrogen-bond acceptors (Lipinski definition) is 4. The Bertz CT molecular complexity index is 256. The standard InChI is InChI=1S/C7H12N4O/c12-2-1-6-5-11(10-9-6)7-3-8-4-7/h5,7-8,12H,1-4H2. The Morgan fingerprint density at radius 3 is 3.08 bits per heavy atom. The largest absolute Gasteiger partial charge is 0.396 e. The number of nitrogens with one attached hydrogen (secondary N) is 1. The minimum absolute atomic E-state index is 0.140. The lowest BCUT2D eigenvalue weighted by atomic mass is 10.2. The molecule has 2 N–H and O–H groups in total. The highest BCUT2D eigenvalue weighted by Gasteiger charge is 2.19. The van der Waals surface area contributed by atoms with Crippen molar-refractivity contribution in [2.45, 2.75) is 12.5 Å². The van der Waals surface area contributed by atoms with Crippen LogP contribution in [0.3, 0.4) is 0 Å². The Balaban J connectivity index is 2.02. The molecule has 1 fully saturated rings. The molecule has 1 aliphatic heterocycles. The molecule has 0 amide bonds. The van der Waals surface area contributed by atoms with Gasteiger partial charge in [0.1, 0.15) is 0 Å². The van der Waals surface area contributed by atoms with E-state index in [-0.39, 0.29) is 6.61 Å². The number of aliphatic hydroxyl groups is 1. The smallest absolute Gasteiger partial charge is 0.0850 e. The lowest BCUT2D eigenvalue weighted by Gasteiger charge is -2.26. The maximum Gasteiger partial charge on any atom is 0.0850 e. The van der Waals surface area contributed by atoms with Crippen LogP contribution in [0.2, 0.25) is 0 Å². The van der Waals surface area contributed by atoms with Gasteiger partial charge in [-0.25, -0.2) is 4.68 Å². The van der Waals surface area contributed by atoms with Crippen LogP contribution in [0.5, 0.6) is 0 Å². The van der Waals surface area contributed by atoms with E-state index in [1.807, 2.05) is 10.9 Å². The second kappa shape index (κ2) is 3.20. The van der Waals surface area contributed by atoms with Crippen LogP contribution in [0.4, 0.5) is 0 Å². The first-order valence-electron chi connectivity index (χ1n) is 4.12. The zero-order valence-electron chi connectivity index (χ0n) is 6.77. The normalized spacial score (nSPS) is 17.8. The average Bonchev–Trinajstić information content (AvgIpc) is 2.34. The van der Waals surface area contributed by atoms with Gasteiger partial charge < -0.3 is 10.4 Å². The number of rotatable bonds is 3. The predicted molar refractivity (Wildman–Crippen MR) is 42.7 cm³/mol. The van der Waals surface area contributed by atoms with Crippen molar-refractivity contribution in [1.29, 1.82) is 0 Å². The highest BCUT2D eigenvalue weighted by Crippen LogP contribution is 2.09. The summed E-state index contributed by atoms with van der Waals surface area (Å²) < 4.78 is 1.86. The molecule has 0 bridgehead atoms.